The molecule has 0 fully saturated rings. The van der Waals surface area contributed by atoms with Gasteiger partial charge in [-0.2, -0.15) is 0 Å². The zero-order valence-corrected chi connectivity index (χ0v) is 17.8. The lowest BCUT2D eigenvalue weighted by atomic mass is 10.0. The second-order valence-corrected chi connectivity index (χ2v) is 7.92. The minimum Gasteiger partial charge on any atom is -0.455 e. The molecule has 0 bridgehead atoms. The number of benzene rings is 2. The van der Waals surface area contributed by atoms with Gasteiger partial charge in [-0.15, -0.1) is 0 Å². The second kappa shape index (κ2) is 10.9. The van der Waals surface area contributed by atoms with Crippen LogP contribution in [-0.2, 0) is 14.3 Å². The van der Waals surface area contributed by atoms with E-state index < -0.39 is 36.1 Å². The summed E-state index contributed by atoms with van der Waals surface area (Å²) in [5.41, 5.74) is 0.666. The zero-order valence-electron chi connectivity index (χ0n) is 17.8. The summed E-state index contributed by atoms with van der Waals surface area (Å²) in [5, 5.41) is 7.49. The van der Waals surface area contributed by atoms with Crippen molar-refractivity contribution in [3.05, 3.63) is 71.8 Å². The van der Waals surface area contributed by atoms with Gasteiger partial charge in [0.1, 0.15) is 0 Å². The summed E-state index contributed by atoms with van der Waals surface area (Å²) in [6.07, 6.45) is -0.177. The van der Waals surface area contributed by atoms with Crippen LogP contribution in [0.1, 0.15) is 49.2 Å². The molecule has 0 radical (unpaired) electrons. The van der Waals surface area contributed by atoms with E-state index in [1.807, 2.05) is 6.07 Å². The molecule has 8 nitrogen and oxygen atoms in total. The molecule has 1 atom stereocenters. The molecular weight excluding hydrogens is 398 g/mol. The fraction of sp³-hybridized carbons (Fsp3) is 0.304. The van der Waals surface area contributed by atoms with Crippen molar-refractivity contribution in [1.29, 1.82) is 0 Å². The minimum absolute atomic E-state index is 0.177. The van der Waals surface area contributed by atoms with Crippen molar-refractivity contribution in [3.63, 3.8) is 0 Å². The molecule has 0 aromatic heterocycles. The zero-order chi connectivity index (χ0) is 22.9. The van der Waals surface area contributed by atoms with Gasteiger partial charge in [-0.25, -0.2) is 4.79 Å². The van der Waals surface area contributed by atoms with Crippen molar-refractivity contribution in [3.8, 4) is 0 Å². The lowest BCUT2D eigenvalue weighted by Crippen LogP contribution is -2.49. The van der Waals surface area contributed by atoms with Crippen molar-refractivity contribution >= 4 is 23.8 Å². The Kier molecular flexibility index (Phi) is 8.31. The quantitative estimate of drug-likeness (QED) is 0.590. The van der Waals surface area contributed by atoms with Crippen LogP contribution in [0.4, 0.5) is 4.79 Å². The lowest BCUT2D eigenvalue weighted by Gasteiger charge is -2.20. The first kappa shape index (κ1) is 23.6. The molecule has 0 unspecified atom stereocenters. The van der Waals surface area contributed by atoms with Crippen LogP contribution in [0.25, 0.3) is 0 Å². The fourth-order valence-electron chi connectivity index (χ4n) is 2.67. The average molecular weight is 425 g/mol. The number of amides is 4. The summed E-state index contributed by atoms with van der Waals surface area (Å²) in [5.74, 6) is -1.77. The monoisotopic (exact) mass is 425 g/mol. The van der Waals surface area contributed by atoms with Gasteiger partial charge in [0.2, 0.25) is 0 Å². The molecule has 0 saturated carbocycles. The highest BCUT2D eigenvalue weighted by Gasteiger charge is 2.21. The van der Waals surface area contributed by atoms with Gasteiger partial charge in [0.15, 0.2) is 6.61 Å². The molecule has 3 N–H and O–H groups in total. The van der Waals surface area contributed by atoms with Crippen molar-refractivity contribution < 1.29 is 23.9 Å². The molecule has 2 rings (SSSR count). The Balaban J connectivity index is 1.94. The Morgan fingerprint density at radius 3 is 2.06 bits per heavy atom. The summed E-state index contributed by atoms with van der Waals surface area (Å²) < 4.78 is 4.99. The van der Waals surface area contributed by atoms with E-state index in [1.165, 1.54) is 0 Å². The topological polar surface area (TPSA) is 114 Å². The van der Waals surface area contributed by atoms with Crippen LogP contribution >= 0.6 is 0 Å². The van der Waals surface area contributed by atoms with E-state index in [1.54, 1.807) is 75.4 Å². The maximum atomic E-state index is 12.5. The van der Waals surface area contributed by atoms with Crippen LogP contribution < -0.4 is 16.0 Å². The smallest absolute Gasteiger partial charge is 0.321 e. The van der Waals surface area contributed by atoms with Crippen LogP contribution in [0, 0.1) is 0 Å². The van der Waals surface area contributed by atoms with Crippen molar-refractivity contribution in [2.45, 2.75) is 38.8 Å². The first-order chi connectivity index (χ1) is 14.6. The SMILES string of the molecule is CC(C)(C)NC(=O)NC(=O)COC(=O)C[C@H](NC(=O)c1ccccc1)c1ccccc1. The first-order valence-electron chi connectivity index (χ1n) is 9.82. The van der Waals surface area contributed by atoms with Gasteiger partial charge < -0.3 is 15.4 Å². The van der Waals surface area contributed by atoms with Gasteiger partial charge in [0.25, 0.3) is 11.8 Å². The van der Waals surface area contributed by atoms with E-state index in [-0.39, 0.29) is 12.3 Å². The van der Waals surface area contributed by atoms with Crippen LogP contribution in [0.15, 0.2) is 60.7 Å². The van der Waals surface area contributed by atoms with E-state index in [9.17, 15) is 19.2 Å². The molecule has 2 aromatic carbocycles. The van der Waals surface area contributed by atoms with Crippen LogP contribution in [0.5, 0.6) is 0 Å². The number of hydrogen-bond acceptors (Lipinski definition) is 5. The normalized spacial score (nSPS) is 11.7. The molecule has 8 heteroatoms. The number of imide groups is 1. The Hall–Kier alpha value is -3.68. The van der Waals surface area contributed by atoms with Gasteiger partial charge in [0, 0.05) is 11.1 Å². The van der Waals surface area contributed by atoms with Crippen LogP contribution in [0.3, 0.4) is 0 Å². The van der Waals surface area contributed by atoms with Gasteiger partial charge in [0.05, 0.1) is 12.5 Å². The lowest BCUT2D eigenvalue weighted by molar-refractivity contribution is -0.148. The highest BCUT2D eigenvalue weighted by Crippen LogP contribution is 2.18. The van der Waals surface area contributed by atoms with Crippen LogP contribution in [0.2, 0.25) is 0 Å². The number of ether oxygens (including phenoxy) is 1. The number of urea groups is 1. The van der Waals surface area contributed by atoms with E-state index in [0.29, 0.717) is 5.56 Å². The van der Waals surface area contributed by atoms with Crippen molar-refractivity contribution in [1.82, 2.24) is 16.0 Å². The summed E-state index contributed by atoms with van der Waals surface area (Å²) in [6, 6.07) is 16.3. The predicted molar refractivity (Wildman–Crippen MR) is 115 cm³/mol. The molecule has 0 saturated heterocycles. The molecule has 0 aliphatic carbocycles. The predicted octanol–water partition coefficient (Wildman–Crippen LogP) is 2.72. The summed E-state index contributed by atoms with van der Waals surface area (Å²) in [7, 11) is 0. The van der Waals surface area contributed by atoms with E-state index >= 15 is 0 Å². The van der Waals surface area contributed by atoms with Gasteiger partial charge in [-0.1, -0.05) is 48.5 Å². The maximum absolute atomic E-state index is 12.5. The third-order valence-corrected chi connectivity index (χ3v) is 4.02. The molecule has 0 aliphatic heterocycles. The third kappa shape index (κ3) is 8.69. The van der Waals surface area contributed by atoms with Gasteiger partial charge >= 0.3 is 12.0 Å². The highest BCUT2D eigenvalue weighted by atomic mass is 16.5. The number of esters is 1. The minimum atomic E-state index is -0.750. The molecule has 4 amide bonds. The van der Waals surface area contributed by atoms with E-state index in [2.05, 4.69) is 16.0 Å². The van der Waals surface area contributed by atoms with E-state index in [0.717, 1.165) is 5.56 Å². The average Bonchev–Trinajstić information content (AvgIpc) is 2.71. The molecule has 2 aromatic rings. The summed E-state index contributed by atoms with van der Waals surface area (Å²) in [6.45, 7) is 4.70. The van der Waals surface area contributed by atoms with Gasteiger partial charge in [-0.3, -0.25) is 19.7 Å². The molecular formula is C23H27N3O5. The molecule has 0 heterocycles. The number of carbonyl (C=O) groups is 4. The second-order valence-electron chi connectivity index (χ2n) is 7.92. The molecule has 164 valence electrons. The third-order valence-electron chi connectivity index (χ3n) is 4.02. The first-order valence-corrected chi connectivity index (χ1v) is 9.82. The molecule has 0 spiro atoms. The van der Waals surface area contributed by atoms with Crippen LogP contribution in [-0.4, -0.2) is 36.0 Å². The highest BCUT2D eigenvalue weighted by molar-refractivity contribution is 5.96. The van der Waals surface area contributed by atoms with Crippen molar-refractivity contribution in [2.75, 3.05) is 6.61 Å². The Morgan fingerprint density at radius 2 is 1.48 bits per heavy atom. The molecule has 31 heavy (non-hydrogen) atoms. The Labute approximate surface area is 181 Å². The maximum Gasteiger partial charge on any atom is 0.321 e. The molecule has 0 aliphatic rings. The Morgan fingerprint density at radius 1 is 0.903 bits per heavy atom. The van der Waals surface area contributed by atoms with Gasteiger partial charge in [-0.05, 0) is 38.5 Å². The number of nitrogens with one attached hydrogen (secondary N) is 3. The Bertz CT molecular complexity index is 908. The van der Waals surface area contributed by atoms with Crippen molar-refractivity contribution in [2.24, 2.45) is 0 Å². The number of rotatable bonds is 7. The largest absolute Gasteiger partial charge is 0.455 e. The summed E-state index contributed by atoms with van der Waals surface area (Å²) >= 11 is 0. The summed E-state index contributed by atoms with van der Waals surface area (Å²) in [4.78, 5) is 48.4. The number of hydrogen-bond donors (Lipinski definition) is 3. The fourth-order valence-corrected chi connectivity index (χ4v) is 2.67. The number of carbonyl (C=O) groups excluding carboxylic acids is 4. The van der Waals surface area contributed by atoms with E-state index in [4.69, 9.17) is 4.74 Å². The standard InChI is InChI=1S/C23H27N3O5/c1-23(2,3)26-22(30)25-19(27)15-31-20(28)14-18(16-10-6-4-7-11-16)24-21(29)17-12-8-5-9-13-17/h4-13,18H,14-15H2,1-3H3,(H,24,29)(H2,25,26,27,30)/t18-/m0/s1.